The quantitative estimate of drug-likeness (QED) is 0.345. The minimum absolute atomic E-state index is 0.107. The first-order chi connectivity index (χ1) is 16.4. The summed E-state index contributed by atoms with van der Waals surface area (Å²) in [7, 11) is -4.10. The van der Waals surface area contributed by atoms with E-state index in [2.05, 4.69) is 5.32 Å². The Labute approximate surface area is 203 Å². The smallest absolute Gasteiger partial charge is 0.264 e. The average molecular weight is 507 g/mol. The molecule has 0 aliphatic rings. The second kappa shape index (κ2) is 12.5. The number of sulfonamides is 1. The van der Waals surface area contributed by atoms with Crippen molar-refractivity contribution in [2.75, 3.05) is 29.8 Å². The molecule has 0 atom stereocenters. The first-order valence-corrected chi connectivity index (χ1v) is 13.4. The van der Waals surface area contributed by atoms with E-state index in [1.54, 1.807) is 42.3 Å². The number of hydrogen-bond donors (Lipinski definition) is 1. The van der Waals surface area contributed by atoms with E-state index in [1.165, 1.54) is 12.1 Å². The molecule has 3 rings (SSSR count). The summed E-state index contributed by atoms with van der Waals surface area (Å²) in [6, 6.07) is 14.7. The molecule has 182 valence electrons. The van der Waals surface area contributed by atoms with E-state index >= 15 is 0 Å². The molecule has 0 saturated carbocycles. The summed E-state index contributed by atoms with van der Waals surface area (Å²) < 4.78 is 51.6. The van der Waals surface area contributed by atoms with E-state index in [0.29, 0.717) is 24.6 Å². The highest BCUT2D eigenvalue weighted by atomic mass is 32.2. The molecule has 0 radical (unpaired) electrons. The van der Waals surface area contributed by atoms with Gasteiger partial charge in [0.05, 0.1) is 29.2 Å². The summed E-state index contributed by atoms with van der Waals surface area (Å²) in [6.45, 7) is 2.32. The molecule has 7 nitrogen and oxygen atoms in total. The number of nitrogens with one attached hydrogen (secondary N) is 1. The molecule has 1 N–H and O–H groups in total. The van der Waals surface area contributed by atoms with Crippen LogP contribution in [0.2, 0.25) is 0 Å². The number of ether oxygens (including phenoxy) is 1. The number of thioether (sulfide) groups is 1. The van der Waals surface area contributed by atoms with Gasteiger partial charge in [0.2, 0.25) is 5.91 Å². The van der Waals surface area contributed by atoms with Crippen molar-refractivity contribution in [3.05, 3.63) is 78.5 Å². The molecular weight excluding hydrogens is 479 g/mol. The van der Waals surface area contributed by atoms with Gasteiger partial charge < -0.3 is 14.5 Å². The molecule has 2 aromatic carbocycles. The summed E-state index contributed by atoms with van der Waals surface area (Å²) in [5, 5.41) is 2.77. The average Bonchev–Trinajstić information content (AvgIpc) is 3.34. The number of amides is 1. The number of anilines is 1. The molecule has 10 heteroatoms. The first-order valence-electron chi connectivity index (χ1n) is 10.8. The van der Waals surface area contributed by atoms with E-state index in [4.69, 9.17) is 9.15 Å². The molecule has 0 spiro atoms. The highest BCUT2D eigenvalue weighted by Crippen LogP contribution is 2.26. The standard InChI is InChI=1S/C24H27FN2O5S2/c1-2-31-21-10-8-20(9-11-21)27(34(29,30)23-12-6-19(25)7-13-23)17-24(28)26-14-4-16-33-18-22-5-3-15-32-22/h3,5-13,15H,2,4,14,16-18H2,1H3,(H,26,28). The van der Waals surface area contributed by atoms with Gasteiger partial charge in [0.25, 0.3) is 10.0 Å². The van der Waals surface area contributed by atoms with Crippen LogP contribution in [0, 0.1) is 5.82 Å². The summed E-state index contributed by atoms with van der Waals surface area (Å²) in [4.78, 5) is 12.5. The topological polar surface area (TPSA) is 88.8 Å². The van der Waals surface area contributed by atoms with Crippen LogP contribution in [-0.4, -0.2) is 39.8 Å². The number of halogens is 1. The fourth-order valence-electron chi connectivity index (χ4n) is 3.08. The van der Waals surface area contributed by atoms with Gasteiger partial charge in [-0.3, -0.25) is 9.10 Å². The summed E-state index contributed by atoms with van der Waals surface area (Å²) in [5.41, 5.74) is 0.303. The lowest BCUT2D eigenvalue weighted by Crippen LogP contribution is -2.41. The van der Waals surface area contributed by atoms with Gasteiger partial charge >= 0.3 is 0 Å². The zero-order valence-corrected chi connectivity index (χ0v) is 20.4. The maximum atomic E-state index is 13.3. The van der Waals surface area contributed by atoms with Crippen LogP contribution >= 0.6 is 11.8 Å². The van der Waals surface area contributed by atoms with Crippen LogP contribution in [0.25, 0.3) is 0 Å². The Bertz CT molecular complexity index is 1140. The van der Waals surface area contributed by atoms with Crippen molar-refractivity contribution >= 4 is 33.4 Å². The normalized spacial score (nSPS) is 11.2. The summed E-state index contributed by atoms with van der Waals surface area (Å²) in [6.07, 6.45) is 2.36. The van der Waals surface area contributed by atoms with E-state index < -0.39 is 28.3 Å². The highest BCUT2D eigenvalue weighted by Gasteiger charge is 2.27. The van der Waals surface area contributed by atoms with E-state index in [-0.39, 0.29) is 4.90 Å². The molecular formula is C24H27FN2O5S2. The third-order valence-corrected chi connectivity index (χ3v) is 7.59. The molecule has 0 aliphatic carbocycles. The molecule has 34 heavy (non-hydrogen) atoms. The van der Waals surface area contributed by atoms with Crippen molar-refractivity contribution in [3.63, 3.8) is 0 Å². The number of benzene rings is 2. The number of hydrogen-bond acceptors (Lipinski definition) is 6. The van der Waals surface area contributed by atoms with Crippen molar-refractivity contribution in [2.24, 2.45) is 0 Å². The second-order valence-electron chi connectivity index (χ2n) is 7.23. The van der Waals surface area contributed by atoms with Crippen LogP contribution in [0.3, 0.4) is 0 Å². The largest absolute Gasteiger partial charge is 0.494 e. The SMILES string of the molecule is CCOc1ccc(N(CC(=O)NCCCSCc2ccco2)S(=O)(=O)c2ccc(F)cc2)cc1. The van der Waals surface area contributed by atoms with Crippen LogP contribution in [0.5, 0.6) is 5.75 Å². The molecule has 0 saturated heterocycles. The van der Waals surface area contributed by atoms with Gasteiger partial charge in [0.15, 0.2) is 0 Å². The number of nitrogens with zero attached hydrogens (tertiary/aromatic N) is 1. The molecule has 1 amide bonds. The van der Waals surface area contributed by atoms with Crippen LogP contribution in [0.15, 0.2) is 76.2 Å². The molecule has 0 bridgehead atoms. The van der Waals surface area contributed by atoms with Crippen molar-refractivity contribution in [1.29, 1.82) is 0 Å². The Morgan fingerprint density at radius 1 is 1.12 bits per heavy atom. The van der Waals surface area contributed by atoms with Gasteiger partial charge in [-0.25, -0.2) is 12.8 Å². The summed E-state index contributed by atoms with van der Waals surface area (Å²) in [5.74, 6) is 2.07. The van der Waals surface area contributed by atoms with Gasteiger partial charge in [0.1, 0.15) is 23.9 Å². The molecule has 0 aliphatic heterocycles. The fraction of sp³-hybridized carbons (Fsp3) is 0.292. The van der Waals surface area contributed by atoms with Gasteiger partial charge in [-0.05, 0) is 79.8 Å². The minimum Gasteiger partial charge on any atom is -0.494 e. The van der Waals surface area contributed by atoms with Crippen LogP contribution in [0.1, 0.15) is 19.1 Å². The van der Waals surface area contributed by atoms with Crippen molar-refractivity contribution in [2.45, 2.75) is 24.0 Å². The van der Waals surface area contributed by atoms with E-state index in [9.17, 15) is 17.6 Å². The Morgan fingerprint density at radius 3 is 2.50 bits per heavy atom. The van der Waals surface area contributed by atoms with Crippen LogP contribution in [0.4, 0.5) is 10.1 Å². The zero-order chi connectivity index (χ0) is 24.4. The van der Waals surface area contributed by atoms with Crippen molar-refractivity contribution in [3.8, 4) is 5.75 Å². The second-order valence-corrected chi connectivity index (χ2v) is 10.2. The highest BCUT2D eigenvalue weighted by molar-refractivity contribution is 7.98. The zero-order valence-electron chi connectivity index (χ0n) is 18.8. The number of rotatable bonds is 13. The van der Waals surface area contributed by atoms with Gasteiger partial charge in [-0.15, -0.1) is 0 Å². The van der Waals surface area contributed by atoms with Crippen LogP contribution < -0.4 is 14.4 Å². The number of furan rings is 1. The Hall–Kier alpha value is -2.98. The maximum absolute atomic E-state index is 13.3. The van der Waals surface area contributed by atoms with Gasteiger partial charge in [-0.1, -0.05) is 0 Å². The molecule has 1 heterocycles. The lowest BCUT2D eigenvalue weighted by atomic mass is 10.3. The third kappa shape index (κ3) is 7.26. The monoisotopic (exact) mass is 506 g/mol. The Balaban J connectivity index is 1.64. The third-order valence-electron chi connectivity index (χ3n) is 4.74. The van der Waals surface area contributed by atoms with Gasteiger partial charge in [0, 0.05) is 6.54 Å². The molecule has 0 unspecified atom stereocenters. The Kier molecular flexibility index (Phi) is 9.41. The Morgan fingerprint density at radius 2 is 1.85 bits per heavy atom. The fourth-order valence-corrected chi connectivity index (χ4v) is 5.36. The number of carbonyl (C=O) groups is 1. The number of carbonyl (C=O) groups excluding carboxylic acids is 1. The molecule has 1 aromatic heterocycles. The van der Waals surface area contributed by atoms with Gasteiger partial charge in [-0.2, -0.15) is 11.8 Å². The first kappa shape index (κ1) is 25.6. The minimum atomic E-state index is -4.10. The summed E-state index contributed by atoms with van der Waals surface area (Å²) >= 11 is 1.69. The molecule has 0 fully saturated rings. The van der Waals surface area contributed by atoms with E-state index in [1.807, 2.05) is 19.1 Å². The maximum Gasteiger partial charge on any atom is 0.264 e. The molecule has 3 aromatic rings. The lowest BCUT2D eigenvalue weighted by molar-refractivity contribution is -0.119. The van der Waals surface area contributed by atoms with Crippen LogP contribution in [-0.2, 0) is 20.6 Å². The predicted octanol–water partition coefficient (Wildman–Crippen LogP) is 4.45. The van der Waals surface area contributed by atoms with E-state index in [0.717, 1.165) is 40.1 Å². The lowest BCUT2D eigenvalue weighted by Gasteiger charge is -2.24. The van der Waals surface area contributed by atoms with Crippen molar-refractivity contribution < 1.29 is 26.8 Å². The predicted molar refractivity (Wildman–Crippen MR) is 131 cm³/mol. The van der Waals surface area contributed by atoms with Crippen molar-refractivity contribution in [1.82, 2.24) is 5.32 Å².